The molecule has 7 heteroatoms. The zero-order valence-electron chi connectivity index (χ0n) is 18.7. The van der Waals surface area contributed by atoms with Gasteiger partial charge < -0.3 is 0 Å². The number of likely N-dealkylation sites (tertiary alicyclic amines) is 1. The number of halogens is 2. The van der Waals surface area contributed by atoms with E-state index in [4.69, 9.17) is 11.6 Å². The smallest absolute Gasteiger partial charge is 0.290 e. The summed E-state index contributed by atoms with van der Waals surface area (Å²) in [6.45, 7) is 4.08. The van der Waals surface area contributed by atoms with E-state index in [9.17, 15) is 9.18 Å². The molecule has 0 bridgehead atoms. The molecule has 1 atom stereocenters. The molecule has 1 fully saturated rings. The fourth-order valence-corrected chi connectivity index (χ4v) is 5.20. The summed E-state index contributed by atoms with van der Waals surface area (Å²) in [6.07, 6.45) is 7.58. The van der Waals surface area contributed by atoms with Crippen LogP contribution in [0.4, 0.5) is 4.39 Å². The van der Waals surface area contributed by atoms with Crippen LogP contribution >= 0.6 is 11.6 Å². The van der Waals surface area contributed by atoms with E-state index in [1.165, 1.54) is 28.9 Å². The van der Waals surface area contributed by atoms with Crippen LogP contribution in [0.3, 0.4) is 0 Å². The van der Waals surface area contributed by atoms with Gasteiger partial charge in [0.15, 0.2) is 0 Å². The minimum absolute atomic E-state index is 0.0244. The lowest BCUT2D eigenvalue weighted by Gasteiger charge is -2.36. The van der Waals surface area contributed by atoms with Gasteiger partial charge in [-0.3, -0.25) is 19.4 Å². The lowest BCUT2D eigenvalue weighted by molar-refractivity contribution is 0.132. The maximum absolute atomic E-state index is 13.3. The first-order valence-corrected chi connectivity index (χ1v) is 11.7. The number of benzene rings is 1. The average molecular weight is 457 g/mol. The van der Waals surface area contributed by atoms with E-state index in [1.54, 1.807) is 12.1 Å². The van der Waals surface area contributed by atoms with Gasteiger partial charge in [-0.15, -0.1) is 0 Å². The van der Waals surface area contributed by atoms with Crippen molar-refractivity contribution in [2.24, 2.45) is 13.0 Å². The molecule has 5 nitrogen and oxygen atoms in total. The highest BCUT2D eigenvalue weighted by Crippen LogP contribution is 2.31. The number of nitrogens with zero attached hydrogens (tertiary/aromatic N) is 4. The van der Waals surface area contributed by atoms with Gasteiger partial charge in [-0.25, -0.2) is 9.07 Å². The fraction of sp³-hybridized carbons (Fsp3) is 0.440. The summed E-state index contributed by atoms with van der Waals surface area (Å²) in [4.78, 5) is 19.7. The topological polar surface area (TPSA) is 43.1 Å². The van der Waals surface area contributed by atoms with Gasteiger partial charge in [0, 0.05) is 18.9 Å². The van der Waals surface area contributed by atoms with Crippen LogP contribution < -0.4 is 5.56 Å². The number of piperidine rings is 1. The van der Waals surface area contributed by atoms with Crippen molar-refractivity contribution in [1.29, 1.82) is 0 Å². The molecule has 0 N–H and O–H groups in total. The van der Waals surface area contributed by atoms with Gasteiger partial charge in [0.1, 0.15) is 10.8 Å². The Labute approximate surface area is 193 Å². The molecule has 0 saturated carbocycles. The molecule has 0 aliphatic carbocycles. The van der Waals surface area contributed by atoms with Crippen LogP contribution in [0.15, 0.2) is 53.5 Å². The van der Waals surface area contributed by atoms with Gasteiger partial charge in [-0.1, -0.05) is 17.7 Å². The molecule has 170 valence electrons. The Morgan fingerprint density at radius 2 is 1.88 bits per heavy atom. The van der Waals surface area contributed by atoms with Crippen LogP contribution in [0.1, 0.15) is 50.0 Å². The first-order valence-electron chi connectivity index (χ1n) is 11.3. The number of rotatable bonds is 7. The minimum Gasteiger partial charge on any atom is -0.295 e. The third kappa shape index (κ3) is 4.81. The predicted octanol–water partition coefficient (Wildman–Crippen LogP) is 5.16. The van der Waals surface area contributed by atoms with Gasteiger partial charge in [0.05, 0.1) is 17.4 Å². The van der Waals surface area contributed by atoms with Crippen LogP contribution in [-0.4, -0.2) is 32.3 Å². The molecule has 1 aliphatic rings. The van der Waals surface area contributed by atoms with Gasteiger partial charge in [0.25, 0.3) is 5.56 Å². The van der Waals surface area contributed by atoms with E-state index >= 15 is 0 Å². The molecule has 0 spiro atoms. The Bertz CT molecular complexity index is 1090. The highest BCUT2D eigenvalue weighted by Gasteiger charge is 2.29. The number of aromatic nitrogens is 3. The molecule has 4 rings (SSSR count). The van der Waals surface area contributed by atoms with Gasteiger partial charge in [-0.2, -0.15) is 0 Å². The molecular weight excluding hydrogens is 427 g/mol. The second kappa shape index (κ2) is 10.0. The van der Waals surface area contributed by atoms with Crippen LogP contribution in [0.2, 0.25) is 5.02 Å². The Hall–Kier alpha value is -2.44. The predicted molar refractivity (Wildman–Crippen MR) is 126 cm³/mol. The second-order valence-electron chi connectivity index (χ2n) is 8.68. The van der Waals surface area contributed by atoms with Crippen LogP contribution in [-0.2, 0) is 13.5 Å². The third-order valence-electron chi connectivity index (χ3n) is 6.69. The Morgan fingerprint density at radius 1 is 1.16 bits per heavy atom. The summed E-state index contributed by atoms with van der Waals surface area (Å²) in [5.41, 5.74) is 2.30. The molecule has 0 amide bonds. The summed E-state index contributed by atoms with van der Waals surface area (Å²) in [5.74, 6) is 0.392. The SMILES string of the molecule is CC(c1c(Cl)c(=O)n(-c2ccc(F)cc2)n1C)N1CCC(CCCc2ccccn2)CC1. The summed E-state index contributed by atoms with van der Waals surface area (Å²) in [6, 6.07) is 12.0. The van der Waals surface area contributed by atoms with E-state index in [0.29, 0.717) is 5.69 Å². The molecular formula is C25H30ClFN4O. The van der Waals surface area contributed by atoms with Crippen molar-refractivity contribution in [1.82, 2.24) is 19.2 Å². The largest absolute Gasteiger partial charge is 0.295 e. The van der Waals surface area contributed by atoms with Crippen LogP contribution in [0.25, 0.3) is 5.69 Å². The zero-order chi connectivity index (χ0) is 22.7. The van der Waals surface area contributed by atoms with E-state index < -0.39 is 0 Å². The minimum atomic E-state index is -0.335. The number of aryl methyl sites for hydroxylation is 1. The molecule has 3 heterocycles. The molecule has 0 radical (unpaired) electrons. The van der Waals surface area contributed by atoms with Gasteiger partial charge in [0.2, 0.25) is 0 Å². The fourth-order valence-electron chi connectivity index (χ4n) is 4.83. The summed E-state index contributed by atoms with van der Waals surface area (Å²) >= 11 is 6.51. The Morgan fingerprint density at radius 3 is 2.53 bits per heavy atom. The first kappa shape index (κ1) is 22.7. The highest BCUT2D eigenvalue weighted by atomic mass is 35.5. The molecule has 3 aromatic rings. The summed E-state index contributed by atoms with van der Waals surface area (Å²) < 4.78 is 16.6. The zero-order valence-corrected chi connectivity index (χ0v) is 19.4. The van der Waals surface area contributed by atoms with Gasteiger partial charge >= 0.3 is 0 Å². The molecule has 1 unspecified atom stereocenters. The number of pyridine rings is 1. The average Bonchev–Trinajstić information content (AvgIpc) is 3.03. The monoisotopic (exact) mass is 456 g/mol. The summed E-state index contributed by atoms with van der Waals surface area (Å²) in [5, 5.41) is 0.238. The van der Waals surface area contributed by atoms with E-state index in [2.05, 4.69) is 22.9 Å². The van der Waals surface area contributed by atoms with Crippen molar-refractivity contribution < 1.29 is 4.39 Å². The third-order valence-corrected chi connectivity index (χ3v) is 7.04. The van der Waals surface area contributed by atoms with Crippen molar-refractivity contribution in [3.05, 3.63) is 81.2 Å². The van der Waals surface area contributed by atoms with E-state index in [0.717, 1.165) is 50.4 Å². The van der Waals surface area contributed by atoms with E-state index in [1.807, 2.05) is 30.1 Å². The number of hydrogen-bond acceptors (Lipinski definition) is 3. The van der Waals surface area contributed by atoms with Crippen molar-refractivity contribution in [2.45, 2.75) is 45.1 Å². The second-order valence-corrected chi connectivity index (χ2v) is 9.06. The molecule has 1 aromatic carbocycles. The lowest BCUT2D eigenvalue weighted by Crippen LogP contribution is -2.36. The van der Waals surface area contributed by atoms with E-state index in [-0.39, 0.29) is 22.4 Å². The Kier molecular flexibility index (Phi) is 7.11. The maximum atomic E-state index is 13.3. The molecule has 2 aromatic heterocycles. The normalized spacial score (nSPS) is 16.4. The quantitative estimate of drug-likeness (QED) is 0.493. The van der Waals surface area contributed by atoms with Gasteiger partial charge in [-0.05, 0) is 94.4 Å². The molecule has 1 aliphatic heterocycles. The highest BCUT2D eigenvalue weighted by molar-refractivity contribution is 6.31. The number of hydrogen-bond donors (Lipinski definition) is 0. The molecule has 1 saturated heterocycles. The van der Waals surface area contributed by atoms with Crippen LogP contribution in [0.5, 0.6) is 0 Å². The summed E-state index contributed by atoms with van der Waals surface area (Å²) in [7, 11) is 1.84. The Balaban J connectivity index is 1.39. The standard InChI is InChI=1S/C25H30ClFN4O/c1-18(24-23(26)25(32)31(29(24)2)22-11-9-20(27)10-12-22)30-16-13-19(14-17-30)6-5-8-21-7-3-4-15-28-21/h3-4,7,9-12,15,18-19H,5-6,8,13-14,16-17H2,1-2H3. The lowest BCUT2D eigenvalue weighted by atomic mass is 9.90. The first-order chi connectivity index (χ1) is 15.5. The van der Waals surface area contributed by atoms with Crippen molar-refractivity contribution >= 4 is 11.6 Å². The maximum Gasteiger partial charge on any atom is 0.290 e. The van der Waals surface area contributed by atoms with Crippen LogP contribution in [0, 0.1) is 11.7 Å². The van der Waals surface area contributed by atoms with Crippen molar-refractivity contribution in [3.63, 3.8) is 0 Å². The van der Waals surface area contributed by atoms with Crippen molar-refractivity contribution in [3.8, 4) is 5.69 Å². The van der Waals surface area contributed by atoms with Crippen molar-refractivity contribution in [2.75, 3.05) is 13.1 Å². The molecule has 32 heavy (non-hydrogen) atoms.